The van der Waals surface area contributed by atoms with Crippen LogP contribution >= 0.6 is 11.6 Å². The first-order chi connectivity index (χ1) is 9.11. The van der Waals surface area contributed by atoms with Crippen LogP contribution in [0.1, 0.15) is 23.0 Å². The fraction of sp³-hybridized carbons (Fsp3) is 0.214. The predicted molar refractivity (Wildman–Crippen MR) is 75.6 cm³/mol. The molecule has 5 heteroatoms. The largest absolute Gasteiger partial charge is 0.311 e. The summed E-state index contributed by atoms with van der Waals surface area (Å²) < 4.78 is 0. The quantitative estimate of drug-likeness (QED) is 0.809. The first-order valence-electron chi connectivity index (χ1n) is 5.96. The van der Waals surface area contributed by atoms with Gasteiger partial charge in [0.25, 0.3) is 5.91 Å². The van der Waals surface area contributed by atoms with Gasteiger partial charge in [0.1, 0.15) is 5.15 Å². The summed E-state index contributed by atoms with van der Waals surface area (Å²) in [4.78, 5) is 22.0. The summed E-state index contributed by atoms with van der Waals surface area (Å²) in [6, 6.07) is 6.91. The number of aryl methyl sites for hydroxylation is 1. The maximum atomic E-state index is 12.4. The Kier molecular flexibility index (Phi) is 4.12. The van der Waals surface area contributed by atoms with Crippen LogP contribution < -0.4 is 4.90 Å². The van der Waals surface area contributed by atoms with Gasteiger partial charge in [-0.05, 0) is 30.7 Å². The molecule has 19 heavy (non-hydrogen) atoms. The molecule has 2 rings (SSSR count). The highest BCUT2D eigenvalue weighted by Crippen LogP contribution is 2.17. The van der Waals surface area contributed by atoms with Crippen molar-refractivity contribution in [3.05, 3.63) is 53.1 Å². The van der Waals surface area contributed by atoms with Gasteiger partial charge >= 0.3 is 0 Å². The van der Waals surface area contributed by atoms with Crippen LogP contribution in [0.15, 0.2) is 36.7 Å². The molecule has 2 aromatic heterocycles. The number of nitrogens with zero attached hydrogens (tertiary/aromatic N) is 3. The molecule has 4 nitrogen and oxygen atoms in total. The Morgan fingerprint density at radius 3 is 2.63 bits per heavy atom. The van der Waals surface area contributed by atoms with E-state index in [1.165, 1.54) is 0 Å². The number of aromatic nitrogens is 2. The van der Waals surface area contributed by atoms with Crippen molar-refractivity contribution in [2.24, 2.45) is 0 Å². The third-order valence-corrected chi connectivity index (χ3v) is 3.00. The van der Waals surface area contributed by atoms with Crippen molar-refractivity contribution in [2.45, 2.75) is 13.3 Å². The molecule has 0 aliphatic carbocycles. The van der Waals surface area contributed by atoms with Crippen LogP contribution in [-0.4, -0.2) is 22.9 Å². The number of pyridine rings is 2. The van der Waals surface area contributed by atoms with Crippen molar-refractivity contribution < 1.29 is 4.79 Å². The van der Waals surface area contributed by atoms with E-state index >= 15 is 0 Å². The molecular formula is C14H14ClN3O. The van der Waals surface area contributed by atoms with Gasteiger partial charge in [-0.25, -0.2) is 4.98 Å². The Morgan fingerprint density at radius 1 is 1.32 bits per heavy atom. The Labute approximate surface area is 117 Å². The SMILES string of the molecule is CCc1cc(C(=O)N(C)c2ccncc2)cc(Cl)n1. The highest BCUT2D eigenvalue weighted by atomic mass is 35.5. The summed E-state index contributed by atoms with van der Waals surface area (Å²) in [6.07, 6.45) is 4.03. The number of anilines is 1. The zero-order chi connectivity index (χ0) is 13.8. The fourth-order valence-electron chi connectivity index (χ4n) is 1.73. The lowest BCUT2D eigenvalue weighted by Crippen LogP contribution is -2.26. The van der Waals surface area contributed by atoms with Crippen molar-refractivity contribution in [3.8, 4) is 0 Å². The lowest BCUT2D eigenvalue weighted by Gasteiger charge is -2.17. The molecule has 0 fully saturated rings. The van der Waals surface area contributed by atoms with Crippen molar-refractivity contribution in [2.75, 3.05) is 11.9 Å². The molecule has 0 bridgehead atoms. The van der Waals surface area contributed by atoms with Crippen LogP contribution in [0.3, 0.4) is 0 Å². The molecule has 0 atom stereocenters. The number of hydrogen-bond donors (Lipinski definition) is 0. The molecule has 0 aromatic carbocycles. The summed E-state index contributed by atoms with van der Waals surface area (Å²) in [6.45, 7) is 1.97. The molecule has 0 aliphatic heterocycles. The van der Waals surface area contributed by atoms with E-state index in [4.69, 9.17) is 11.6 Å². The zero-order valence-electron chi connectivity index (χ0n) is 10.8. The molecular weight excluding hydrogens is 262 g/mol. The maximum absolute atomic E-state index is 12.4. The third-order valence-electron chi connectivity index (χ3n) is 2.81. The van der Waals surface area contributed by atoms with E-state index in [9.17, 15) is 4.79 Å². The minimum Gasteiger partial charge on any atom is -0.311 e. The lowest BCUT2D eigenvalue weighted by atomic mass is 10.1. The number of carbonyl (C=O) groups excluding carboxylic acids is 1. The van der Waals surface area contributed by atoms with Crippen LogP contribution in [0.5, 0.6) is 0 Å². The minimum absolute atomic E-state index is 0.120. The van der Waals surface area contributed by atoms with Gasteiger partial charge in [-0.1, -0.05) is 18.5 Å². The molecule has 0 spiro atoms. The van der Waals surface area contributed by atoms with Gasteiger partial charge < -0.3 is 4.90 Å². The Bertz CT molecular complexity index is 586. The number of rotatable bonds is 3. The van der Waals surface area contributed by atoms with Gasteiger partial charge in [-0.3, -0.25) is 9.78 Å². The number of halogens is 1. The minimum atomic E-state index is -0.120. The Balaban J connectivity index is 2.31. The molecule has 0 radical (unpaired) electrons. The Hall–Kier alpha value is -1.94. The molecule has 0 unspecified atom stereocenters. The lowest BCUT2D eigenvalue weighted by molar-refractivity contribution is 0.0993. The Morgan fingerprint density at radius 2 is 2.00 bits per heavy atom. The number of carbonyl (C=O) groups is 1. The highest BCUT2D eigenvalue weighted by molar-refractivity contribution is 6.29. The van der Waals surface area contributed by atoms with Crippen molar-refractivity contribution in [1.29, 1.82) is 0 Å². The van der Waals surface area contributed by atoms with E-state index in [-0.39, 0.29) is 5.91 Å². The van der Waals surface area contributed by atoms with Crippen LogP contribution in [0.25, 0.3) is 0 Å². The second-order valence-corrected chi connectivity index (χ2v) is 4.48. The smallest absolute Gasteiger partial charge is 0.258 e. The average molecular weight is 276 g/mol. The second-order valence-electron chi connectivity index (χ2n) is 4.09. The number of hydrogen-bond acceptors (Lipinski definition) is 3. The maximum Gasteiger partial charge on any atom is 0.258 e. The van der Waals surface area contributed by atoms with Gasteiger partial charge in [-0.2, -0.15) is 0 Å². The molecule has 2 heterocycles. The van der Waals surface area contributed by atoms with E-state index < -0.39 is 0 Å². The van der Waals surface area contributed by atoms with E-state index in [1.54, 1.807) is 48.6 Å². The van der Waals surface area contributed by atoms with E-state index in [2.05, 4.69) is 9.97 Å². The highest BCUT2D eigenvalue weighted by Gasteiger charge is 2.15. The second kappa shape index (κ2) is 5.80. The molecule has 0 N–H and O–H groups in total. The molecule has 0 aliphatic rings. The molecule has 0 saturated carbocycles. The van der Waals surface area contributed by atoms with Gasteiger partial charge in [-0.15, -0.1) is 0 Å². The monoisotopic (exact) mass is 275 g/mol. The first-order valence-corrected chi connectivity index (χ1v) is 6.34. The zero-order valence-corrected chi connectivity index (χ0v) is 11.6. The van der Waals surface area contributed by atoms with Gasteiger partial charge in [0.05, 0.1) is 0 Å². The molecule has 0 saturated heterocycles. The van der Waals surface area contributed by atoms with Gasteiger partial charge in [0, 0.05) is 36.4 Å². The summed E-state index contributed by atoms with van der Waals surface area (Å²) in [5, 5.41) is 0.339. The van der Waals surface area contributed by atoms with Gasteiger partial charge in [0.2, 0.25) is 0 Å². The average Bonchev–Trinajstić information content (AvgIpc) is 2.46. The number of amides is 1. The van der Waals surface area contributed by atoms with Crippen molar-refractivity contribution in [1.82, 2.24) is 9.97 Å². The van der Waals surface area contributed by atoms with E-state index in [0.29, 0.717) is 10.7 Å². The standard InChI is InChI=1S/C14H14ClN3O/c1-3-11-8-10(9-13(15)17-11)14(19)18(2)12-4-6-16-7-5-12/h4-9H,3H2,1-2H3. The van der Waals surface area contributed by atoms with Crippen molar-refractivity contribution in [3.63, 3.8) is 0 Å². The van der Waals surface area contributed by atoms with Gasteiger partial charge in [0.15, 0.2) is 0 Å². The topological polar surface area (TPSA) is 46.1 Å². The van der Waals surface area contributed by atoms with Crippen molar-refractivity contribution >= 4 is 23.2 Å². The fourth-order valence-corrected chi connectivity index (χ4v) is 1.96. The van der Waals surface area contributed by atoms with Crippen LogP contribution in [0, 0.1) is 0 Å². The van der Waals surface area contributed by atoms with Crippen LogP contribution in [-0.2, 0) is 6.42 Å². The third kappa shape index (κ3) is 3.09. The molecule has 2 aromatic rings. The first kappa shape index (κ1) is 13.5. The molecule has 1 amide bonds. The van der Waals surface area contributed by atoms with E-state index in [1.807, 2.05) is 6.92 Å². The molecule has 98 valence electrons. The summed E-state index contributed by atoms with van der Waals surface area (Å²) in [5.74, 6) is -0.120. The summed E-state index contributed by atoms with van der Waals surface area (Å²) in [5.41, 5.74) is 2.13. The van der Waals surface area contributed by atoms with Crippen LogP contribution in [0.4, 0.5) is 5.69 Å². The summed E-state index contributed by atoms with van der Waals surface area (Å²) in [7, 11) is 1.72. The predicted octanol–water partition coefficient (Wildman–Crippen LogP) is 2.97. The summed E-state index contributed by atoms with van der Waals surface area (Å²) >= 11 is 5.93. The van der Waals surface area contributed by atoms with Crippen LogP contribution in [0.2, 0.25) is 5.15 Å². The van der Waals surface area contributed by atoms with E-state index in [0.717, 1.165) is 17.8 Å². The normalized spacial score (nSPS) is 10.3.